The molecule has 0 saturated carbocycles. The Morgan fingerprint density at radius 1 is 1.32 bits per heavy atom. The van der Waals surface area contributed by atoms with E-state index in [1.807, 2.05) is 12.3 Å². The average Bonchev–Trinajstić information content (AvgIpc) is 2.80. The van der Waals surface area contributed by atoms with Crippen LogP contribution in [0.15, 0.2) is 10.3 Å². The summed E-state index contributed by atoms with van der Waals surface area (Å²) in [6.45, 7) is 7.63. The number of hydrogen-bond acceptors (Lipinski definition) is 4. The Kier molecular flexibility index (Phi) is 4.89. The first-order valence-corrected chi connectivity index (χ1v) is 9.21. The third kappa shape index (κ3) is 2.97. The third-order valence-corrected chi connectivity index (χ3v) is 7.28. The van der Waals surface area contributed by atoms with E-state index in [1.165, 1.54) is 11.3 Å². The molecule has 0 spiro atoms. The molecule has 2 heterocycles. The Morgan fingerprint density at radius 2 is 1.95 bits per heavy atom. The highest BCUT2D eigenvalue weighted by Crippen LogP contribution is 2.31. The Balaban J connectivity index is 2.26. The predicted octanol–water partition coefficient (Wildman–Crippen LogP) is 2.12. The predicted molar refractivity (Wildman–Crippen MR) is 79.5 cm³/mol. The minimum atomic E-state index is -3.39. The van der Waals surface area contributed by atoms with Gasteiger partial charge in [0.05, 0.1) is 5.88 Å². The van der Waals surface area contributed by atoms with Gasteiger partial charge >= 0.3 is 0 Å². The molecule has 1 aliphatic heterocycles. The number of piperazine rings is 1. The summed E-state index contributed by atoms with van der Waals surface area (Å²) >= 11 is 7.28. The Bertz CT molecular complexity index is 534. The summed E-state index contributed by atoms with van der Waals surface area (Å²) in [5, 5.41) is 1.87. The number of likely N-dealkylation sites (N-methyl/N-ethyl adjacent to an activating group) is 1. The molecule has 0 bridgehead atoms. The number of thiophene rings is 1. The van der Waals surface area contributed by atoms with Gasteiger partial charge in [0, 0.05) is 31.1 Å². The van der Waals surface area contributed by atoms with Crippen LogP contribution in [0, 0.1) is 6.92 Å². The van der Waals surface area contributed by atoms with E-state index in [0.717, 1.165) is 30.1 Å². The quantitative estimate of drug-likeness (QED) is 0.797. The number of aryl methyl sites for hydroxylation is 1. The van der Waals surface area contributed by atoms with Crippen LogP contribution in [-0.4, -0.2) is 50.3 Å². The maximum atomic E-state index is 12.7. The lowest BCUT2D eigenvalue weighted by Gasteiger charge is -2.33. The molecule has 1 aliphatic rings. The number of alkyl halides is 1. The van der Waals surface area contributed by atoms with E-state index in [2.05, 4.69) is 11.8 Å². The third-order valence-electron chi connectivity index (χ3n) is 3.49. The van der Waals surface area contributed by atoms with Gasteiger partial charge < -0.3 is 4.90 Å². The molecule has 108 valence electrons. The normalized spacial score (nSPS) is 18.9. The van der Waals surface area contributed by atoms with E-state index in [1.54, 1.807) is 4.31 Å². The second-order valence-electron chi connectivity index (χ2n) is 4.64. The van der Waals surface area contributed by atoms with Gasteiger partial charge in [0.1, 0.15) is 4.90 Å². The van der Waals surface area contributed by atoms with E-state index in [4.69, 9.17) is 11.6 Å². The largest absolute Gasteiger partial charge is 0.301 e. The molecule has 4 nitrogen and oxygen atoms in total. The van der Waals surface area contributed by atoms with Crippen molar-refractivity contribution in [3.8, 4) is 0 Å². The molecule has 1 fully saturated rings. The molecule has 0 aromatic carbocycles. The van der Waals surface area contributed by atoms with E-state index in [0.29, 0.717) is 18.0 Å². The summed E-state index contributed by atoms with van der Waals surface area (Å²) in [5.74, 6) is 0.252. The number of rotatable bonds is 4. The lowest BCUT2D eigenvalue weighted by atomic mass is 10.3. The fourth-order valence-corrected chi connectivity index (χ4v) is 5.77. The zero-order valence-electron chi connectivity index (χ0n) is 11.2. The van der Waals surface area contributed by atoms with Crippen molar-refractivity contribution in [3.63, 3.8) is 0 Å². The first-order valence-electron chi connectivity index (χ1n) is 6.36. The van der Waals surface area contributed by atoms with E-state index in [-0.39, 0.29) is 5.88 Å². The van der Waals surface area contributed by atoms with Crippen molar-refractivity contribution < 1.29 is 8.42 Å². The van der Waals surface area contributed by atoms with E-state index < -0.39 is 10.0 Å². The van der Waals surface area contributed by atoms with Gasteiger partial charge in [-0.1, -0.05) is 6.92 Å². The Morgan fingerprint density at radius 3 is 2.47 bits per heavy atom. The number of halogens is 1. The zero-order valence-corrected chi connectivity index (χ0v) is 13.6. The molecule has 0 N–H and O–H groups in total. The van der Waals surface area contributed by atoms with Gasteiger partial charge in [-0.15, -0.1) is 22.9 Å². The summed E-state index contributed by atoms with van der Waals surface area (Å²) < 4.78 is 27.0. The van der Waals surface area contributed by atoms with Crippen molar-refractivity contribution in [3.05, 3.63) is 15.8 Å². The van der Waals surface area contributed by atoms with Gasteiger partial charge in [0.25, 0.3) is 0 Å². The number of nitrogens with zero attached hydrogens (tertiary/aromatic N) is 2. The molecule has 0 aliphatic carbocycles. The first-order chi connectivity index (χ1) is 9.00. The lowest BCUT2D eigenvalue weighted by molar-refractivity contribution is 0.196. The molecule has 1 aromatic heterocycles. The van der Waals surface area contributed by atoms with Crippen molar-refractivity contribution in [1.82, 2.24) is 9.21 Å². The second kappa shape index (κ2) is 6.10. The van der Waals surface area contributed by atoms with Crippen LogP contribution in [0.2, 0.25) is 0 Å². The van der Waals surface area contributed by atoms with E-state index >= 15 is 0 Å². The standard InChI is InChI=1S/C12H19ClN2O2S2/c1-3-14-4-6-15(7-5-14)19(16,17)12-10(2)9-18-11(12)8-13/h9H,3-8H2,1-2H3. The maximum absolute atomic E-state index is 12.7. The van der Waals surface area contributed by atoms with Crippen LogP contribution in [0.3, 0.4) is 0 Å². The van der Waals surface area contributed by atoms with Gasteiger partial charge in [-0.2, -0.15) is 4.31 Å². The van der Waals surface area contributed by atoms with Crippen molar-refractivity contribution in [2.75, 3.05) is 32.7 Å². The molecule has 19 heavy (non-hydrogen) atoms. The van der Waals surface area contributed by atoms with Crippen LogP contribution in [0.1, 0.15) is 17.4 Å². The lowest BCUT2D eigenvalue weighted by Crippen LogP contribution is -2.48. The van der Waals surface area contributed by atoms with Crippen LogP contribution < -0.4 is 0 Å². The molecular weight excluding hydrogens is 304 g/mol. The molecule has 0 amide bonds. The fraction of sp³-hybridized carbons (Fsp3) is 0.667. The molecule has 0 radical (unpaired) electrons. The molecule has 1 saturated heterocycles. The smallest absolute Gasteiger partial charge is 0.244 e. The molecule has 1 aromatic rings. The van der Waals surface area contributed by atoms with Crippen molar-refractivity contribution >= 4 is 33.0 Å². The summed E-state index contributed by atoms with van der Waals surface area (Å²) in [5.41, 5.74) is 0.804. The summed E-state index contributed by atoms with van der Waals surface area (Å²) in [6, 6.07) is 0. The van der Waals surface area contributed by atoms with Crippen molar-refractivity contribution in [2.45, 2.75) is 24.6 Å². The number of sulfonamides is 1. The van der Waals surface area contributed by atoms with Gasteiger partial charge in [-0.25, -0.2) is 8.42 Å². The van der Waals surface area contributed by atoms with Gasteiger partial charge in [0.2, 0.25) is 10.0 Å². The highest BCUT2D eigenvalue weighted by Gasteiger charge is 2.31. The van der Waals surface area contributed by atoms with Gasteiger partial charge in [-0.05, 0) is 24.4 Å². The first kappa shape index (κ1) is 15.3. The molecule has 2 rings (SSSR count). The summed E-state index contributed by atoms with van der Waals surface area (Å²) in [4.78, 5) is 3.43. The van der Waals surface area contributed by atoms with Crippen LogP contribution >= 0.6 is 22.9 Å². The molecule has 0 atom stereocenters. The minimum Gasteiger partial charge on any atom is -0.301 e. The molecule has 7 heteroatoms. The van der Waals surface area contributed by atoms with E-state index in [9.17, 15) is 8.42 Å². The summed E-state index contributed by atoms with van der Waals surface area (Å²) in [6.07, 6.45) is 0. The fourth-order valence-electron chi connectivity index (χ4n) is 2.34. The average molecular weight is 323 g/mol. The topological polar surface area (TPSA) is 40.6 Å². The van der Waals surface area contributed by atoms with Gasteiger partial charge in [0.15, 0.2) is 0 Å². The van der Waals surface area contributed by atoms with Crippen LogP contribution in [0.5, 0.6) is 0 Å². The van der Waals surface area contributed by atoms with Crippen LogP contribution in [0.25, 0.3) is 0 Å². The number of hydrogen-bond donors (Lipinski definition) is 0. The second-order valence-corrected chi connectivity index (χ2v) is 7.75. The highest BCUT2D eigenvalue weighted by atomic mass is 35.5. The molecular formula is C12H19ClN2O2S2. The maximum Gasteiger partial charge on any atom is 0.244 e. The summed E-state index contributed by atoms with van der Waals surface area (Å²) in [7, 11) is -3.39. The van der Waals surface area contributed by atoms with Gasteiger partial charge in [-0.3, -0.25) is 0 Å². The minimum absolute atomic E-state index is 0.252. The van der Waals surface area contributed by atoms with Crippen LogP contribution in [0.4, 0.5) is 0 Å². The zero-order chi connectivity index (χ0) is 14.0. The Hall–Kier alpha value is -0.140. The van der Waals surface area contributed by atoms with Crippen LogP contribution in [-0.2, 0) is 15.9 Å². The van der Waals surface area contributed by atoms with Crippen molar-refractivity contribution in [2.24, 2.45) is 0 Å². The Labute approximate surface area is 124 Å². The molecule has 0 unspecified atom stereocenters. The monoisotopic (exact) mass is 322 g/mol. The SMILES string of the molecule is CCN1CCN(S(=O)(=O)c2c(C)csc2CCl)CC1. The van der Waals surface area contributed by atoms with Crippen molar-refractivity contribution in [1.29, 1.82) is 0 Å². The highest BCUT2D eigenvalue weighted by molar-refractivity contribution is 7.89.